The molecule has 1 unspecified atom stereocenters. The third kappa shape index (κ3) is 3.84. The monoisotopic (exact) mass is 349 g/mol. The Morgan fingerprint density at radius 1 is 1.29 bits per heavy atom. The number of benzene rings is 1. The first-order valence-electron chi connectivity index (χ1n) is 8.47. The molecule has 0 N–H and O–H groups in total. The van der Waals surface area contributed by atoms with Gasteiger partial charge in [-0.15, -0.1) is 0 Å². The fourth-order valence-corrected chi connectivity index (χ4v) is 5.01. The molecule has 0 spiro atoms. The van der Waals surface area contributed by atoms with Crippen molar-refractivity contribution in [3.63, 3.8) is 0 Å². The van der Waals surface area contributed by atoms with E-state index in [1.807, 2.05) is 37.3 Å². The van der Waals surface area contributed by atoms with Crippen LogP contribution >= 0.6 is 0 Å². The third-order valence-electron chi connectivity index (χ3n) is 4.33. The summed E-state index contributed by atoms with van der Waals surface area (Å²) in [5, 5.41) is 4.02. The minimum absolute atomic E-state index is 0.0558. The summed E-state index contributed by atoms with van der Waals surface area (Å²) < 4.78 is 31.6. The van der Waals surface area contributed by atoms with Crippen LogP contribution in [0.5, 0.6) is 0 Å². The molecule has 130 valence electrons. The van der Waals surface area contributed by atoms with E-state index in [4.69, 9.17) is 4.52 Å². The van der Waals surface area contributed by atoms with Crippen LogP contribution in [-0.4, -0.2) is 41.2 Å². The first kappa shape index (κ1) is 17.1. The second-order valence-corrected chi connectivity index (χ2v) is 8.18. The van der Waals surface area contributed by atoms with Gasteiger partial charge in [0.25, 0.3) is 5.89 Å². The molecule has 1 atom stereocenters. The molecule has 1 aliphatic heterocycles. The zero-order chi connectivity index (χ0) is 17.0. The maximum Gasteiger partial charge on any atom is 0.257 e. The van der Waals surface area contributed by atoms with E-state index in [1.165, 1.54) is 0 Å². The van der Waals surface area contributed by atoms with Crippen LogP contribution in [0.15, 0.2) is 34.9 Å². The largest absolute Gasteiger partial charge is 0.334 e. The Labute approximate surface area is 142 Å². The predicted octanol–water partition coefficient (Wildman–Crippen LogP) is 2.87. The highest BCUT2D eigenvalue weighted by Crippen LogP contribution is 2.25. The van der Waals surface area contributed by atoms with E-state index >= 15 is 0 Å². The lowest BCUT2D eigenvalue weighted by Crippen LogP contribution is -2.37. The summed E-state index contributed by atoms with van der Waals surface area (Å²) in [5.74, 6) is 1.37. The van der Waals surface area contributed by atoms with E-state index in [9.17, 15) is 8.42 Å². The molecule has 7 heteroatoms. The zero-order valence-corrected chi connectivity index (χ0v) is 14.7. The van der Waals surface area contributed by atoms with Crippen LogP contribution < -0.4 is 0 Å². The number of hydrogen-bond acceptors (Lipinski definition) is 5. The van der Waals surface area contributed by atoms with Gasteiger partial charge in [-0.1, -0.05) is 30.3 Å². The van der Waals surface area contributed by atoms with Crippen molar-refractivity contribution >= 4 is 10.0 Å². The normalized spacial score (nSPS) is 19.0. The molecule has 3 rings (SSSR count). The lowest BCUT2D eigenvalue weighted by atomic mass is 10.1. The van der Waals surface area contributed by atoms with E-state index in [0.29, 0.717) is 31.1 Å². The molecule has 6 nitrogen and oxygen atoms in total. The predicted molar refractivity (Wildman–Crippen MR) is 91.9 cm³/mol. The fraction of sp³-hybridized carbons (Fsp3) is 0.529. The minimum atomic E-state index is -3.13. The van der Waals surface area contributed by atoms with Crippen molar-refractivity contribution in [3.05, 3.63) is 36.2 Å². The second kappa shape index (κ2) is 7.44. The van der Waals surface area contributed by atoms with Crippen molar-refractivity contribution < 1.29 is 12.9 Å². The lowest BCUT2D eigenvalue weighted by Gasteiger charge is -2.23. The standard InChI is InChI=1S/C17H23N3O3S/c1-2-13-24(21,22)20-12-6-9-15(20)10-11-16-18-17(23-19-16)14-7-4-3-5-8-14/h3-5,7-8,15H,2,6,9-13H2,1H3. The van der Waals surface area contributed by atoms with Crippen molar-refractivity contribution in [1.82, 2.24) is 14.4 Å². The van der Waals surface area contributed by atoms with Gasteiger partial charge in [-0.05, 0) is 37.8 Å². The van der Waals surface area contributed by atoms with Crippen molar-refractivity contribution in [1.29, 1.82) is 0 Å². The Morgan fingerprint density at radius 2 is 2.08 bits per heavy atom. The number of aromatic nitrogens is 2. The van der Waals surface area contributed by atoms with E-state index in [-0.39, 0.29) is 11.8 Å². The number of rotatable bonds is 7. The lowest BCUT2D eigenvalue weighted by molar-refractivity contribution is 0.364. The molecular weight excluding hydrogens is 326 g/mol. The first-order valence-corrected chi connectivity index (χ1v) is 10.1. The summed E-state index contributed by atoms with van der Waals surface area (Å²) in [4.78, 5) is 4.42. The van der Waals surface area contributed by atoms with Gasteiger partial charge < -0.3 is 4.52 Å². The zero-order valence-electron chi connectivity index (χ0n) is 13.9. The molecule has 0 amide bonds. The van der Waals surface area contributed by atoms with Crippen LogP contribution in [0.2, 0.25) is 0 Å². The van der Waals surface area contributed by atoms with Gasteiger partial charge in [0.1, 0.15) is 0 Å². The summed E-state index contributed by atoms with van der Waals surface area (Å²) in [6.07, 6.45) is 3.84. The summed E-state index contributed by atoms with van der Waals surface area (Å²) in [5.41, 5.74) is 0.893. The van der Waals surface area contributed by atoms with Crippen LogP contribution in [0.3, 0.4) is 0 Å². The molecule has 1 aliphatic rings. The molecule has 1 aromatic heterocycles. The molecular formula is C17H23N3O3S. The first-order chi connectivity index (χ1) is 11.6. The Kier molecular flexibility index (Phi) is 5.30. The topological polar surface area (TPSA) is 76.3 Å². The van der Waals surface area contributed by atoms with Crippen molar-refractivity contribution in [3.8, 4) is 11.5 Å². The molecule has 0 radical (unpaired) electrons. The van der Waals surface area contributed by atoms with E-state index in [0.717, 1.165) is 24.8 Å². The Balaban J connectivity index is 1.63. The van der Waals surface area contributed by atoms with Crippen LogP contribution in [0.4, 0.5) is 0 Å². The van der Waals surface area contributed by atoms with Crippen LogP contribution in [0, 0.1) is 0 Å². The van der Waals surface area contributed by atoms with Gasteiger partial charge in [0.15, 0.2) is 5.82 Å². The van der Waals surface area contributed by atoms with E-state index < -0.39 is 10.0 Å². The highest BCUT2D eigenvalue weighted by molar-refractivity contribution is 7.89. The van der Waals surface area contributed by atoms with Gasteiger partial charge in [0, 0.05) is 24.6 Å². The van der Waals surface area contributed by atoms with Crippen LogP contribution in [-0.2, 0) is 16.4 Å². The highest BCUT2D eigenvalue weighted by atomic mass is 32.2. The SMILES string of the molecule is CCCS(=O)(=O)N1CCCC1CCc1noc(-c2ccccc2)n1. The molecule has 1 aromatic carbocycles. The van der Waals surface area contributed by atoms with Gasteiger partial charge in [-0.3, -0.25) is 0 Å². The summed E-state index contributed by atoms with van der Waals surface area (Å²) in [6.45, 7) is 2.53. The van der Waals surface area contributed by atoms with Gasteiger partial charge in [0.05, 0.1) is 5.75 Å². The van der Waals surface area contributed by atoms with E-state index in [1.54, 1.807) is 4.31 Å². The summed E-state index contributed by atoms with van der Waals surface area (Å²) in [7, 11) is -3.13. The van der Waals surface area contributed by atoms with Crippen molar-refractivity contribution in [2.75, 3.05) is 12.3 Å². The number of aryl methyl sites for hydroxylation is 1. The average Bonchev–Trinajstić information content (AvgIpc) is 3.23. The maximum atomic E-state index is 12.3. The smallest absolute Gasteiger partial charge is 0.257 e. The molecule has 0 saturated carbocycles. The van der Waals surface area contributed by atoms with Crippen LogP contribution in [0.25, 0.3) is 11.5 Å². The maximum absolute atomic E-state index is 12.3. The quantitative estimate of drug-likeness (QED) is 0.768. The van der Waals surface area contributed by atoms with Crippen molar-refractivity contribution in [2.24, 2.45) is 0 Å². The van der Waals surface area contributed by atoms with Gasteiger partial charge in [-0.2, -0.15) is 9.29 Å². The molecule has 2 aromatic rings. The van der Waals surface area contributed by atoms with E-state index in [2.05, 4.69) is 10.1 Å². The third-order valence-corrected chi connectivity index (χ3v) is 6.45. The Hall–Kier alpha value is -1.73. The molecule has 1 fully saturated rings. The number of nitrogens with zero attached hydrogens (tertiary/aromatic N) is 3. The highest BCUT2D eigenvalue weighted by Gasteiger charge is 2.33. The molecule has 2 heterocycles. The van der Waals surface area contributed by atoms with Gasteiger partial charge >= 0.3 is 0 Å². The molecule has 0 aliphatic carbocycles. The van der Waals surface area contributed by atoms with Gasteiger partial charge in [0.2, 0.25) is 10.0 Å². The van der Waals surface area contributed by atoms with Crippen LogP contribution in [0.1, 0.15) is 38.4 Å². The molecule has 1 saturated heterocycles. The summed E-state index contributed by atoms with van der Waals surface area (Å²) in [6, 6.07) is 9.69. The molecule has 0 bridgehead atoms. The van der Waals surface area contributed by atoms with Gasteiger partial charge in [-0.25, -0.2) is 8.42 Å². The summed E-state index contributed by atoms with van der Waals surface area (Å²) >= 11 is 0. The Morgan fingerprint density at radius 3 is 2.83 bits per heavy atom. The average molecular weight is 349 g/mol. The minimum Gasteiger partial charge on any atom is -0.334 e. The van der Waals surface area contributed by atoms with Crippen molar-refractivity contribution in [2.45, 2.75) is 45.1 Å². The molecule has 24 heavy (non-hydrogen) atoms. The number of hydrogen-bond donors (Lipinski definition) is 0. The fourth-order valence-electron chi connectivity index (χ4n) is 3.19. The number of sulfonamides is 1. The second-order valence-electron chi connectivity index (χ2n) is 6.14. The Bertz CT molecular complexity index is 758.